The van der Waals surface area contributed by atoms with Crippen LogP contribution in [0.3, 0.4) is 0 Å². The molecular weight excluding hydrogens is 266 g/mol. The van der Waals surface area contributed by atoms with E-state index in [1.54, 1.807) is 36.4 Å². The third-order valence-electron chi connectivity index (χ3n) is 2.91. The standard InChI is InChI=1S/C16H15N3O2/c17-10-12-6-8-14(9-7-12)19-16(21)18-11-15(20)13-4-2-1-3-5-13/h1-9,15,20H,11H2,(H2,18,19,21). The molecule has 2 aromatic carbocycles. The molecule has 2 aromatic rings. The Hall–Kier alpha value is -2.84. The molecule has 0 aliphatic carbocycles. The molecule has 1 unspecified atom stereocenters. The quantitative estimate of drug-likeness (QED) is 0.804. The smallest absolute Gasteiger partial charge is 0.319 e. The van der Waals surface area contributed by atoms with E-state index in [9.17, 15) is 9.90 Å². The van der Waals surface area contributed by atoms with Crippen molar-refractivity contribution in [3.05, 3.63) is 65.7 Å². The van der Waals surface area contributed by atoms with Crippen molar-refractivity contribution in [3.63, 3.8) is 0 Å². The summed E-state index contributed by atoms with van der Waals surface area (Å²) in [6, 6.07) is 17.2. The number of nitrogens with one attached hydrogen (secondary N) is 2. The van der Waals surface area contributed by atoms with E-state index >= 15 is 0 Å². The zero-order valence-electron chi connectivity index (χ0n) is 11.3. The molecule has 2 amide bonds. The Kier molecular flexibility index (Phi) is 4.91. The minimum absolute atomic E-state index is 0.117. The lowest BCUT2D eigenvalue weighted by Gasteiger charge is -2.13. The van der Waals surface area contributed by atoms with Crippen LogP contribution in [0.5, 0.6) is 0 Å². The number of anilines is 1. The molecule has 21 heavy (non-hydrogen) atoms. The van der Waals surface area contributed by atoms with Gasteiger partial charge in [-0.25, -0.2) is 4.79 Å². The van der Waals surface area contributed by atoms with Gasteiger partial charge >= 0.3 is 6.03 Å². The van der Waals surface area contributed by atoms with Crippen molar-refractivity contribution in [1.29, 1.82) is 5.26 Å². The van der Waals surface area contributed by atoms with Crippen LogP contribution in [0.1, 0.15) is 17.2 Å². The van der Waals surface area contributed by atoms with Crippen LogP contribution >= 0.6 is 0 Å². The van der Waals surface area contributed by atoms with Gasteiger partial charge in [0.05, 0.1) is 17.7 Å². The third-order valence-corrected chi connectivity index (χ3v) is 2.91. The minimum atomic E-state index is -0.752. The Morgan fingerprint density at radius 2 is 1.81 bits per heavy atom. The van der Waals surface area contributed by atoms with Crippen molar-refractivity contribution in [2.45, 2.75) is 6.10 Å². The molecule has 2 rings (SSSR count). The van der Waals surface area contributed by atoms with Gasteiger partial charge in [-0.15, -0.1) is 0 Å². The highest BCUT2D eigenvalue weighted by Crippen LogP contribution is 2.11. The van der Waals surface area contributed by atoms with Gasteiger partial charge in [-0.1, -0.05) is 30.3 Å². The predicted molar refractivity (Wildman–Crippen MR) is 79.6 cm³/mol. The number of hydrogen-bond acceptors (Lipinski definition) is 3. The van der Waals surface area contributed by atoms with E-state index in [1.165, 1.54) is 0 Å². The van der Waals surface area contributed by atoms with Crippen molar-refractivity contribution in [3.8, 4) is 6.07 Å². The summed E-state index contributed by atoms with van der Waals surface area (Å²) in [6.07, 6.45) is -0.752. The Morgan fingerprint density at radius 1 is 1.14 bits per heavy atom. The van der Waals surface area contributed by atoms with Gasteiger partial charge in [0.25, 0.3) is 0 Å². The Bertz CT molecular complexity index is 633. The lowest BCUT2D eigenvalue weighted by molar-refractivity contribution is 0.175. The molecule has 0 heterocycles. The SMILES string of the molecule is N#Cc1ccc(NC(=O)NCC(O)c2ccccc2)cc1. The maximum atomic E-state index is 11.7. The molecule has 0 spiro atoms. The van der Waals surface area contributed by atoms with Gasteiger partial charge in [0.15, 0.2) is 0 Å². The number of benzene rings is 2. The largest absolute Gasteiger partial charge is 0.387 e. The number of hydrogen-bond donors (Lipinski definition) is 3. The molecule has 5 nitrogen and oxygen atoms in total. The van der Waals surface area contributed by atoms with Crippen molar-refractivity contribution in [1.82, 2.24) is 5.32 Å². The van der Waals surface area contributed by atoms with Crippen molar-refractivity contribution in [2.24, 2.45) is 0 Å². The second kappa shape index (κ2) is 7.08. The highest BCUT2D eigenvalue weighted by Gasteiger charge is 2.08. The molecule has 0 fully saturated rings. The monoisotopic (exact) mass is 281 g/mol. The van der Waals surface area contributed by atoms with Crippen molar-refractivity contribution >= 4 is 11.7 Å². The van der Waals surface area contributed by atoms with Crippen molar-refractivity contribution < 1.29 is 9.90 Å². The summed E-state index contributed by atoms with van der Waals surface area (Å²) in [5, 5.41) is 23.8. The first kappa shape index (κ1) is 14.6. The predicted octanol–water partition coefficient (Wildman–Crippen LogP) is 2.41. The number of carbonyl (C=O) groups is 1. The van der Waals surface area contributed by atoms with Crippen LogP contribution in [0, 0.1) is 11.3 Å². The van der Waals surface area contributed by atoms with E-state index in [1.807, 2.05) is 24.3 Å². The van der Waals surface area contributed by atoms with Crippen LogP contribution in [0.2, 0.25) is 0 Å². The number of carbonyl (C=O) groups excluding carboxylic acids is 1. The van der Waals surface area contributed by atoms with Gasteiger partial charge in [-0.3, -0.25) is 0 Å². The zero-order chi connectivity index (χ0) is 15.1. The maximum absolute atomic E-state index is 11.7. The lowest BCUT2D eigenvalue weighted by Crippen LogP contribution is -2.32. The summed E-state index contributed by atoms with van der Waals surface area (Å²) in [4.78, 5) is 11.7. The molecule has 5 heteroatoms. The van der Waals surface area contributed by atoms with E-state index in [0.29, 0.717) is 11.3 Å². The molecule has 1 atom stereocenters. The third kappa shape index (κ3) is 4.34. The first-order valence-electron chi connectivity index (χ1n) is 6.47. The Balaban J connectivity index is 1.83. The highest BCUT2D eigenvalue weighted by molar-refractivity contribution is 5.89. The van der Waals surface area contributed by atoms with Gasteiger partial charge < -0.3 is 15.7 Å². The molecule has 0 saturated carbocycles. The van der Waals surface area contributed by atoms with E-state index in [0.717, 1.165) is 5.56 Å². The fraction of sp³-hybridized carbons (Fsp3) is 0.125. The fourth-order valence-electron chi connectivity index (χ4n) is 1.79. The van der Waals surface area contributed by atoms with Crippen LogP contribution in [-0.2, 0) is 0 Å². The number of urea groups is 1. The summed E-state index contributed by atoms with van der Waals surface area (Å²) >= 11 is 0. The second-order valence-electron chi connectivity index (χ2n) is 4.45. The molecule has 3 N–H and O–H groups in total. The summed E-state index contributed by atoms with van der Waals surface area (Å²) < 4.78 is 0. The number of aliphatic hydroxyl groups excluding tert-OH is 1. The molecular formula is C16H15N3O2. The maximum Gasteiger partial charge on any atom is 0.319 e. The normalized spacial score (nSPS) is 11.2. The Morgan fingerprint density at radius 3 is 2.43 bits per heavy atom. The molecule has 0 saturated heterocycles. The lowest BCUT2D eigenvalue weighted by atomic mass is 10.1. The highest BCUT2D eigenvalue weighted by atomic mass is 16.3. The summed E-state index contributed by atoms with van der Waals surface area (Å²) in [5.74, 6) is 0. The topological polar surface area (TPSA) is 85.2 Å². The number of aliphatic hydroxyl groups is 1. The van der Waals surface area contributed by atoms with Gasteiger partial charge in [0.2, 0.25) is 0 Å². The van der Waals surface area contributed by atoms with Gasteiger partial charge in [-0.2, -0.15) is 5.26 Å². The van der Waals surface area contributed by atoms with Crippen molar-refractivity contribution in [2.75, 3.05) is 11.9 Å². The van der Waals surface area contributed by atoms with E-state index in [4.69, 9.17) is 5.26 Å². The molecule has 0 aromatic heterocycles. The summed E-state index contributed by atoms with van der Waals surface area (Å²) in [7, 11) is 0. The van der Waals surface area contributed by atoms with Crippen LogP contribution < -0.4 is 10.6 Å². The molecule has 106 valence electrons. The molecule has 0 aliphatic heterocycles. The number of rotatable bonds is 4. The molecule has 0 radical (unpaired) electrons. The zero-order valence-corrected chi connectivity index (χ0v) is 11.3. The van der Waals surface area contributed by atoms with E-state index < -0.39 is 12.1 Å². The molecule has 0 aliphatic rings. The second-order valence-corrected chi connectivity index (χ2v) is 4.45. The first-order valence-corrected chi connectivity index (χ1v) is 6.47. The summed E-state index contributed by atoms with van der Waals surface area (Å²) in [6.45, 7) is 0.117. The van der Waals surface area contributed by atoms with Crippen LogP contribution in [0.4, 0.5) is 10.5 Å². The Labute approximate surface area is 122 Å². The first-order chi connectivity index (χ1) is 10.2. The number of nitrogens with zero attached hydrogens (tertiary/aromatic N) is 1. The van der Waals surface area contributed by atoms with Crippen LogP contribution in [-0.4, -0.2) is 17.7 Å². The average Bonchev–Trinajstić information content (AvgIpc) is 2.54. The fourth-order valence-corrected chi connectivity index (χ4v) is 1.79. The molecule has 0 bridgehead atoms. The number of amides is 2. The van der Waals surface area contributed by atoms with Crippen LogP contribution in [0.25, 0.3) is 0 Å². The van der Waals surface area contributed by atoms with Gasteiger partial charge in [0, 0.05) is 12.2 Å². The average molecular weight is 281 g/mol. The van der Waals surface area contributed by atoms with E-state index in [-0.39, 0.29) is 6.54 Å². The van der Waals surface area contributed by atoms with Gasteiger partial charge in [-0.05, 0) is 29.8 Å². The van der Waals surface area contributed by atoms with Gasteiger partial charge in [0.1, 0.15) is 0 Å². The minimum Gasteiger partial charge on any atom is -0.387 e. The van der Waals surface area contributed by atoms with Crippen LogP contribution in [0.15, 0.2) is 54.6 Å². The summed E-state index contributed by atoms with van der Waals surface area (Å²) in [5.41, 5.74) is 1.86. The number of nitriles is 1. The van der Waals surface area contributed by atoms with E-state index in [2.05, 4.69) is 10.6 Å².